The second kappa shape index (κ2) is 7.34. The molecule has 0 bridgehead atoms. The minimum atomic E-state index is -0.276. The molecule has 0 heterocycles. The van der Waals surface area contributed by atoms with Gasteiger partial charge in [-0.25, -0.2) is 4.79 Å². The Morgan fingerprint density at radius 1 is 1.56 bits per heavy atom. The number of esters is 1. The van der Waals surface area contributed by atoms with Gasteiger partial charge in [0.1, 0.15) is 0 Å². The van der Waals surface area contributed by atoms with Crippen molar-refractivity contribution < 1.29 is 9.53 Å². The molecule has 0 aliphatic heterocycles. The summed E-state index contributed by atoms with van der Waals surface area (Å²) in [6.07, 6.45) is 2.52. The Bertz CT molecular complexity index is 460. The van der Waals surface area contributed by atoms with E-state index in [1.807, 2.05) is 19.1 Å². The first-order valence-electron chi connectivity index (χ1n) is 5.53. The first-order valence-corrected chi connectivity index (χ1v) is 6.90. The molecule has 0 unspecified atom stereocenters. The lowest BCUT2D eigenvalue weighted by Crippen LogP contribution is -2.04. The number of nitrogens with two attached hydrogens (primary N) is 1. The van der Waals surface area contributed by atoms with Gasteiger partial charge in [0.15, 0.2) is 0 Å². The van der Waals surface area contributed by atoms with Crippen LogP contribution in [0.1, 0.15) is 13.3 Å². The quantitative estimate of drug-likeness (QED) is 0.389. The van der Waals surface area contributed by atoms with Crippen LogP contribution in [0.15, 0.2) is 34.7 Å². The molecular formula is C13H16ClNO2S. The maximum Gasteiger partial charge on any atom is 0.333 e. The molecule has 1 aromatic rings. The molecule has 0 atom stereocenters. The number of methoxy groups -OCH3 is 1. The number of carbonyl (C=O) groups excluding carboxylic acids is 1. The molecule has 1 rings (SSSR count). The van der Waals surface area contributed by atoms with Crippen LogP contribution in [0.2, 0.25) is 5.02 Å². The van der Waals surface area contributed by atoms with E-state index in [0.717, 1.165) is 4.90 Å². The van der Waals surface area contributed by atoms with Gasteiger partial charge in [-0.05, 0) is 24.6 Å². The lowest BCUT2D eigenvalue weighted by molar-refractivity contribution is -0.136. The SMILES string of the molecule is CCC(=CCSc1ccc(Cl)cc1N)C(=O)OC. The van der Waals surface area contributed by atoms with Gasteiger partial charge in [0.2, 0.25) is 0 Å². The van der Waals surface area contributed by atoms with Crippen LogP contribution in [0, 0.1) is 0 Å². The van der Waals surface area contributed by atoms with Gasteiger partial charge < -0.3 is 10.5 Å². The molecule has 2 N–H and O–H groups in total. The van der Waals surface area contributed by atoms with Crippen LogP contribution >= 0.6 is 23.4 Å². The number of thioether (sulfide) groups is 1. The Morgan fingerprint density at radius 2 is 2.28 bits per heavy atom. The van der Waals surface area contributed by atoms with Gasteiger partial charge in [-0.15, -0.1) is 11.8 Å². The van der Waals surface area contributed by atoms with Gasteiger partial charge in [-0.1, -0.05) is 24.6 Å². The second-order valence-electron chi connectivity index (χ2n) is 3.57. The molecule has 98 valence electrons. The minimum Gasteiger partial charge on any atom is -0.466 e. The maximum absolute atomic E-state index is 11.4. The van der Waals surface area contributed by atoms with Crippen LogP contribution < -0.4 is 5.73 Å². The molecule has 5 heteroatoms. The zero-order valence-corrected chi connectivity index (χ0v) is 12.0. The Balaban J connectivity index is 2.65. The summed E-state index contributed by atoms with van der Waals surface area (Å²) in [5, 5.41) is 0.621. The number of hydrogen-bond acceptors (Lipinski definition) is 4. The third kappa shape index (κ3) is 4.27. The highest BCUT2D eigenvalue weighted by atomic mass is 35.5. The monoisotopic (exact) mass is 285 g/mol. The van der Waals surface area contributed by atoms with Crippen LogP contribution in [-0.2, 0) is 9.53 Å². The topological polar surface area (TPSA) is 52.3 Å². The van der Waals surface area contributed by atoms with Crippen molar-refractivity contribution in [1.82, 2.24) is 0 Å². The van der Waals surface area contributed by atoms with Gasteiger partial charge in [0.05, 0.1) is 7.11 Å². The largest absolute Gasteiger partial charge is 0.466 e. The van der Waals surface area contributed by atoms with Crippen LogP contribution in [0.25, 0.3) is 0 Å². The molecule has 1 aromatic carbocycles. The number of hydrogen-bond donors (Lipinski definition) is 1. The van der Waals surface area contributed by atoms with Crippen molar-refractivity contribution in [2.45, 2.75) is 18.2 Å². The van der Waals surface area contributed by atoms with Crippen LogP contribution in [-0.4, -0.2) is 18.8 Å². The highest BCUT2D eigenvalue weighted by molar-refractivity contribution is 7.99. The van der Waals surface area contributed by atoms with Crippen molar-refractivity contribution in [2.24, 2.45) is 0 Å². The first kappa shape index (κ1) is 14.9. The number of benzene rings is 1. The number of ether oxygens (including phenoxy) is 1. The van der Waals surface area contributed by atoms with Gasteiger partial charge in [-0.2, -0.15) is 0 Å². The average Bonchev–Trinajstić information content (AvgIpc) is 2.36. The molecule has 0 saturated heterocycles. The Morgan fingerprint density at radius 3 is 2.83 bits per heavy atom. The van der Waals surface area contributed by atoms with E-state index in [1.165, 1.54) is 7.11 Å². The smallest absolute Gasteiger partial charge is 0.333 e. The fourth-order valence-electron chi connectivity index (χ4n) is 1.39. The van der Waals surface area contributed by atoms with Crippen molar-refractivity contribution in [3.05, 3.63) is 34.9 Å². The number of anilines is 1. The molecule has 0 aromatic heterocycles. The van der Waals surface area contributed by atoms with Gasteiger partial charge in [0, 0.05) is 26.9 Å². The van der Waals surface area contributed by atoms with E-state index in [9.17, 15) is 4.79 Å². The van der Waals surface area contributed by atoms with Crippen LogP contribution in [0.3, 0.4) is 0 Å². The van der Waals surface area contributed by atoms with Crippen molar-refractivity contribution in [2.75, 3.05) is 18.6 Å². The van der Waals surface area contributed by atoms with Crippen molar-refractivity contribution in [3.8, 4) is 0 Å². The van der Waals surface area contributed by atoms with E-state index in [-0.39, 0.29) is 5.97 Å². The number of halogens is 1. The minimum absolute atomic E-state index is 0.276. The van der Waals surface area contributed by atoms with Crippen molar-refractivity contribution in [1.29, 1.82) is 0 Å². The standard InChI is InChI=1S/C13H16ClNO2S/c1-3-9(13(16)17-2)6-7-18-12-5-4-10(14)8-11(12)15/h4-6,8H,3,7,15H2,1-2H3. The molecule has 0 fully saturated rings. The third-order valence-electron chi connectivity index (χ3n) is 2.37. The maximum atomic E-state index is 11.4. The lowest BCUT2D eigenvalue weighted by Gasteiger charge is -2.05. The first-order chi connectivity index (χ1) is 8.58. The summed E-state index contributed by atoms with van der Waals surface area (Å²) in [4.78, 5) is 12.3. The van der Waals surface area contributed by atoms with Crippen LogP contribution in [0.5, 0.6) is 0 Å². The summed E-state index contributed by atoms with van der Waals surface area (Å²) in [5.41, 5.74) is 7.17. The molecular weight excluding hydrogens is 270 g/mol. The second-order valence-corrected chi connectivity index (χ2v) is 5.07. The lowest BCUT2D eigenvalue weighted by atomic mass is 10.2. The van der Waals surface area contributed by atoms with E-state index < -0.39 is 0 Å². The zero-order chi connectivity index (χ0) is 13.5. The highest BCUT2D eigenvalue weighted by Gasteiger charge is 2.06. The molecule has 0 aliphatic carbocycles. The Kier molecular flexibility index (Phi) is 6.09. The number of nitrogen functional groups attached to an aromatic ring is 1. The molecule has 0 spiro atoms. The molecule has 18 heavy (non-hydrogen) atoms. The molecule has 3 nitrogen and oxygen atoms in total. The Labute approximate surface area is 116 Å². The molecule has 0 radical (unpaired) electrons. The van der Waals surface area contributed by atoms with E-state index in [4.69, 9.17) is 17.3 Å². The highest BCUT2D eigenvalue weighted by Crippen LogP contribution is 2.28. The van der Waals surface area contributed by atoms with Crippen LogP contribution in [0.4, 0.5) is 5.69 Å². The molecule has 0 amide bonds. The van der Waals surface area contributed by atoms with E-state index in [2.05, 4.69) is 4.74 Å². The summed E-state index contributed by atoms with van der Waals surface area (Å²) in [6.45, 7) is 1.92. The third-order valence-corrected chi connectivity index (χ3v) is 3.62. The predicted octanol–water partition coefficient (Wildman–Crippen LogP) is 3.52. The Hall–Kier alpha value is -1.13. The normalized spacial score (nSPS) is 11.4. The number of carbonyl (C=O) groups is 1. The summed E-state index contributed by atoms with van der Waals surface area (Å²) >= 11 is 7.38. The van der Waals surface area contributed by atoms with Gasteiger partial charge in [-0.3, -0.25) is 0 Å². The fourth-order valence-corrected chi connectivity index (χ4v) is 2.42. The number of rotatable bonds is 5. The van der Waals surface area contributed by atoms with E-state index in [0.29, 0.717) is 28.5 Å². The van der Waals surface area contributed by atoms with Gasteiger partial charge in [0.25, 0.3) is 0 Å². The predicted molar refractivity (Wildman–Crippen MR) is 77.0 cm³/mol. The molecule has 0 saturated carbocycles. The van der Waals surface area contributed by atoms with Crippen molar-refractivity contribution >= 4 is 35.0 Å². The average molecular weight is 286 g/mol. The van der Waals surface area contributed by atoms with E-state index in [1.54, 1.807) is 23.9 Å². The summed E-state index contributed by atoms with van der Waals surface area (Å²) < 4.78 is 4.69. The zero-order valence-electron chi connectivity index (χ0n) is 10.4. The van der Waals surface area contributed by atoms with Crippen molar-refractivity contribution in [3.63, 3.8) is 0 Å². The summed E-state index contributed by atoms with van der Waals surface area (Å²) in [5.74, 6) is 0.395. The van der Waals surface area contributed by atoms with E-state index >= 15 is 0 Å². The fraction of sp³-hybridized carbons (Fsp3) is 0.308. The summed E-state index contributed by atoms with van der Waals surface area (Å²) in [6, 6.07) is 5.39. The summed E-state index contributed by atoms with van der Waals surface area (Å²) in [7, 11) is 1.39. The van der Waals surface area contributed by atoms with Gasteiger partial charge >= 0.3 is 5.97 Å². The molecule has 0 aliphatic rings.